The zero-order valence-electron chi connectivity index (χ0n) is 10.7. The summed E-state index contributed by atoms with van der Waals surface area (Å²) in [4.78, 5) is 12.1. The van der Waals surface area contributed by atoms with Crippen LogP contribution < -0.4 is 5.56 Å². The van der Waals surface area contributed by atoms with E-state index >= 15 is 0 Å². The van der Waals surface area contributed by atoms with Crippen molar-refractivity contribution in [2.45, 2.75) is 20.4 Å². The van der Waals surface area contributed by atoms with Crippen molar-refractivity contribution in [3.8, 4) is 11.3 Å². The van der Waals surface area contributed by atoms with E-state index in [4.69, 9.17) is 0 Å². The Bertz CT molecular complexity index is 652. The zero-order valence-corrected chi connectivity index (χ0v) is 16.7. The maximum Gasteiger partial charge on any atom is 0.208 e. The average Bonchev–Trinajstić information content (AvgIpc) is 2.33. The number of hydrogen-bond donors (Lipinski definition) is 0. The molecule has 0 N–H and O–H groups in total. The molecule has 97 valence electrons. The van der Waals surface area contributed by atoms with Gasteiger partial charge in [-0.25, -0.2) is 0 Å². The van der Waals surface area contributed by atoms with Gasteiger partial charge in [0.05, 0.1) is 0 Å². The smallest absolute Gasteiger partial charge is 0.208 e. The molecule has 2 nitrogen and oxygen atoms in total. The molecule has 1 heterocycles. The van der Waals surface area contributed by atoms with Crippen LogP contribution in [0, 0.1) is 13.0 Å². The molecule has 5 heteroatoms. The van der Waals surface area contributed by atoms with Gasteiger partial charge in [0.1, 0.15) is 0 Å². The summed E-state index contributed by atoms with van der Waals surface area (Å²) in [6.07, 6.45) is 0. The average molecular weight is 459 g/mol. The Labute approximate surface area is 154 Å². The summed E-state index contributed by atoms with van der Waals surface area (Å²) < 4.78 is 3.30. The number of hydrogen-bond acceptors (Lipinski definition) is 1. The van der Waals surface area contributed by atoms with Crippen molar-refractivity contribution in [1.29, 1.82) is 0 Å². The van der Waals surface area contributed by atoms with Crippen molar-refractivity contribution in [2.75, 3.05) is 0 Å². The molecule has 0 amide bonds. The SMILES string of the molecule is CCn1c(-c2ccc(Br)cc2C)[c-]cc(Br)c1=O.[Y]. The Morgan fingerprint density at radius 3 is 2.58 bits per heavy atom. The molecular weight excluding hydrogens is 447 g/mol. The molecule has 0 aliphatic carbocycles. The van der Waals surface area contributed by atoms with Gasteiger partial charge in [0, 0.05) is 43.7 Å². The van der Waals surface area contributed by atoms with E-state index in [0.717, 1.165) is 21.3 Å². The second kappa shape index (κ2) is 7.30. The van der Waals surface area contributed by atoms with Crippen LogP contribution in [0.2, 0.25) is 0 Å². The topological polar surface area (TPSA) is 22.0 Å². The molecule has 0 spiro atoms. The minimum absolute atomic E-state index is 0. The molecule has 0 saturated carbocycles. The fourth-order valence-corrected chi connectivity index (χ4v) is 2.72. The van der Waals surface area contributed by atoms with Crippen LogP contribution in [0.25, 0.3) is 11.3 Å². The Morgan fingerprint density at radius 1 is 1.32 bits per heavy atom. The molecule has 0 unspecified atom stereocenters. The predicted molar refractivity (Wildman–Crippen MR) is 80.8 cm³/mol. The number of benzene rings is 1. The minimum atomic E-state index is -0.0198. The van der Waals surface area contributed by atoms with Crippen LogP contribution in [0.1, 0.15) is 12.5 Å². The van der Waals surface area contributed by atoms with Gasteiger partial charge in [-0.05, 0) is 11.4 Å². The predicted octanol–water partition coefficient (Wildman–Crippen LogP) is 4.17. The van der Waals surface area contributed by atoms with E-state index in [1.54, 1.807) is 10.6 Å². The normalized spacial score (nSPS) is 10.1. The first-order valence-electron chi connectivity index (χ1n) is 5.62. The molecule has 0 saturated heterocycles. The van der Waals surface area contributed by atoms with E-state index in [0.29, 0.717) is 11.0 Å². The number of rotatable bonds is 2. The van der Waals surface area contributed by atoms with Gasteiger partial charge < -0.3 is 4.57 Å². The molecule has 0 aliphatic rings. The Kier molecular flexibility index (Phi) is 6.64. The summed E-state index contributed by atoms with van der Waals surface area (Å²) in [5, 5.41) is 0. The van der Waals surface area contributed by atoms with E-state index in [1.807, 2.05) is 32.0 Å². The first-order valence-corrected chi connectivity index (χ1v) is 7.20. The van der Waals surface area contributed by atoms with Crippen molar-refractivity contribution < 1.29 is 32.7 Å². The van der Waals surface area contributed by atoms with Gasteiger partial charge in [0.15, 0.2) is 0 Å². The maximum atomic E-state index is 12.1. The van der Waals surface area contributed by atoms with Gasteiger partial charge in [0.2, 0.25) is 5.56 Å². The molecule has 2 aromatic rings. The van der Waals surface area contributed by atoms with Crippen LogP contribution in [-0.2, 0) is 39.3 Å². The first kappa shape index (κ1) is 17.3. The van der Waals surface area contributed by atoms with Gasteiger partial charge >= 0.3 is 0 Å². The van der Waals surface area contributed by atoms with E-state index in [-0.39, 0.29) is 38.3 Å². The molecule has 0 atom stereocenters. The van der Waals surface area contributed by atoms with Crippen LogP contribution in [0.3, 0.4) is 0 Å². The van der Waals surface area contributed by atoms with E-state index in [1.165, 1.54) is 0 Å². The summed E-state index contributed by atoms with van der Waals surface area (Å²) >= 11 is 6.70. The number of aryl methyl sites for hydroxylation is 1. The van der Waals surface area contributed by atoms with Crippen LogP contribution in [0.15, 0.2) is 38.0 Å². The van der Waals surface area contributed by atoms with E-state index < -0.39 is 0 Å². The summed E-state index contributed by atoms with van der Waals surface area (Å²) in [5.74, 6) is 0. The fraction of sp³-hybridized carbons (Fsp3) is 0.214. The van der Waals surface area contributed by atoms with Gasteiger partial charge in [0.25, 0.3) is 0 Å². The van der Waals surface area contributed by atoms with Crippen molar-refractivity contribution in [2.24, 2.45) is 0 Å². The van der Waals surface area contributed by atoms with Crippen molar-refractivity contribution >= 4 is 31.9 Å². The van der Waals surface area contributed by atoms with Crippen LogP contribution in [0.4, 0.5) is 0 Å². The molecule has 1 aromatic carbocycles. The summed E-state index contributed by atoms with van der Waals surface area (Å²) in [5.41, 5.74) is 2.96. The number of pyridine rings is 1. The maximum absolute atomic E-state index is 12.1. The molecule has 0 aliphatic heterocycles. The summed E-state index contributed by atoms with van der Waals surface area (Å²) in [7, 11) is 0. The standard InChI is InChI=1S/C14H12Br2NO.Y/c1-3-17-13(7-6-12(16)14(17)18)11-5-4-10(15)8-9(11)2;/h4-6,8H,3H2,1-2H3;/q-1;. The van der Waals surface area contributed by atoms with Crippen molar-refractivity contribution in [3.63, 3.8) is 0 Å². The largest absolute Gasteiger partial charge is 0.342 e. The van der Waals surface area contributed by atoms with Crippen LogP contribution in [0.5, 0.6) is 0 Å². The quantitative estimate of drug-likeness (QED) is 0.619. The number of aromatic nitrogens is 1. The third kappa shape index (κ3) is 3.66. The number of halogens is 2. The summed E-state index contributed by atoms with van der Waals surface area (Å²) in [6, 6.07) is 10.9. The van der Waals surface area contributed by atoms with Crippen molar-refractivity contribution in [1.82, 2.24) is 4.57 Å². The molecule has 19 heavy (non-hydrogen) atoms. The fourth-order valence-electron chi connectivity index (χ4n) is 1.92. The van der Waals surface area contributed by atoms with Gasteiger partial charge in [-0.2, -0.15) is 12.1 Å². The molecule has 1 radical (unpaired) electrons. The Balaban J connectivity index is 0.00000180. The minimum Gasteiger partial charge on any atom is -0.342 e. The Morgan fingerprint density at radius 2 is 2.00 bits per heavy atom. The monoisotopic (exact) mass is 457 g/mol. The molecule has 0 bridgehead atoms. The van der Waals surface area contributed by atoms with Gasteiger partial charge in [-0.3, -0.25) is 4.79 Å². The molecule has 2 rings (SSSR count). The second-order valence-electron chi connectivity index (χ2n) is 3.99. The van der Waals surface area contributed by atoms with E-state index in [2.05, 4.69) is 37.9 Å². The third-order valence-corrected chi connectivity index (χ3v) is 3.88. The second-order valence-corrected chi connectivity index (χ2v) is 5.76. The van der Waals surface area contributed by atoms with Gasteiger partial charge in [-0.1, -0.05) is 51.8 Å². The first-order chi connectivity index (χ1) is 8.54. The summed E-state index contributed by atoms with van der Waals surface area (Å²) in [6.45, 7) is 4.61. The van der Waals surface area contributed by atoms with Gasteiger partial charge in [-0.15, -0.1) is 22.0 Å². The Hall–Kier alpha value is 0.234. The van der Waals surface area contributed by atoms with Crippen molar-refractivity contribution in [3.05, 3.63) is 55.2 Å². The van der Waals surface area contributed by atoms with Crippen LogP contribution in [-0.4, -0.2) is 4.57 Å². The molecule has 0 fully saturated rings. The van der Waals surface area contributed by atoms with E-state index in [9.17, 15) is 4.79 Å². The molecule has 1 aromatic heterocycles. The van der Waals surface area contributed by atoms with Crippen LogP contribution >= 0.6 is 31.9 Å². The number of nitrogens with zero attached hydrogens (tertiary/aromatic N) is 1. The third-order valence-electron chi connectivity index (χ3n) is 2.81. The zero-order chi connectivity index (χ0) is 13.3. The molecular formula is C14H12Br2NOY-.